The molecular weight excluding hydrogens is 496 g/mol. The second-order valence-corrected chi connectivity index (χ2v) is 12.4. The SMILES string of the molecule is CC(CCN1Cc2cc(C#Cc3ccc(CN4CCC(O)CC4)cc3)cn2C1=O)(C(=O)NO)S(C)(=O)=O. The smallest absolute Gasteiger partial charge is 0.328 e. The van der Waals surface area contributed by atoms with E-state index in [4.69, 9.17) is 5.21 Å². The molecule has 0 bridgehead atoms. The molecule has 1 saturated heterocycles. The molecule has 4 rings (SSSR count). The highest BCUT2D eigenvalue weighted by atomic mass is 32.2. The molecule has 1 aromatic heterocycles. The Bertz CT molecular complexity index is 1330. The zero-order chi connectivity index (χ0) is 26.8. The fourth-order valence-electron chi connectivity index (χ4n) is 4.57. The molecule has 2 aromatic rings. The number of hydroxylamine groups is 1. The molecule has 3 heterocycles. The van der Waals surface area contributed by atoms with E-state index in [-0.39, 0.29) is 31.6 Å². The molecule has 2 amide bonds. The minimum atomic E-state index is -3.84. The third kappa shape index (κ3) is 5.88. The first kappa shape index (κ1) is 26.9. The van der Waals surface area contributed by atoms with Crippen LogP contribution in [0.1, 0.15) is 48.6 Å². The van der Waals surface area contributed by atoms with Crippen LogP contribution in [0.4, 0.5) is 4.79 Å². The fourth-order valence-corrected chi connectivity index (χ4v) is 5.42. The van der Waals surface area contributed by atoms with E-state index >= 15 is 0 Å². The Morgan fingerprint density at radius 1 is 1.16 bits per heavy atom. The number of benzene rings is 1. The first-order chi connectivity index (χ1) is 17.5. The first-order valence-corrected chi connectivity index (χ1v) is 14.1. The number of nitrogens with zero attached hydrogens (tertiary/aromatic N) is 3. The van der Waals surface area contributed by atoms with Crippen LogP contribution in [0.5, 0.6) is 0 Å². The minimum absolute atomic E-state index is 0.0306. The van der Waals surface area contributed by atoms with E-state index in [1.165, 1.54) is 27.4 Å². The highest BCUT2D eigenvalue weighted by Gasteiger charge is 2.44. The Balaban J connectivity index is 1.36. The lowest BCUT2D eigenvalue weighted by molar-refractivity contribution is -0.131. The summed E-state index contributed by atoms with van der Waals surface area (Å²) in [6, 6.07) is 9.55. The number of rotatable bonds is 7. The van der Waals surface area contributed by atoms with Gasteiger partial charge in [-0.05, 0) is 49.9 Å². The zero-order valence-electron chi connectivity index (χ0n) is 21.0. The van der Waals surface area contributed by atoms with Gasteiger partial charge in [0.15, 0.2) is 14.6 Å². The van der Waals surface area contributed by atoms with Crippen molar-refractivity contribution in [2.24, 2.45) is 0 Å². The standard InChI is InChI=1S/C26H32N4O6S/c1-26(24(32)27-34,37(2,35)36)11-14-29-18-22-15-21(17-30(22)25(29)33)8-5-19-3-6-20(7-4-19)16-28-12-9-23(31)10-13-28/h3-4,6-7,15,17,23,31,34H,9-14,16,18H2,1-2H3,(H,27,32). The van der Waals surface area contributed by atoms with Crippen LogP contribution in [0.3, 0.4) is 0 Å². The number of sulfone groups is 1. The third-order valence-electron chi connectivity index (χ3n) is 7.26. The molecule has 0 radical (unpaired) electrons. The predicted molar refractivity (Wildman–Crippen MR) is 136 cm³/mol. The molecule has 11 heteroatoms. The van der Waals surface area contributed by atoms with Crippen molar-refractivity contribution >= 4 is 21.8 Å². The number of hydrogen-bond acceptors (Lipinski definition) is 7. The van der Waals surface area contributed by atoms with E-state index < -0.39 is 20.5 Å². The van der Waals surface area contributed by atoms with Crippen molar-refractivity contribution in [1.82, 2.24) is 19.8 Å². The van der Waals surface area contributed by atoms with E-state index in [0.717, 1.165) is 50.0 Å². The van der Waals surface area contributed by atoms with Gasteiger partial charge in [-0.2, -0.15) is 0 Å². The van der Waals surface area contributed by atoms with Gasteiger partial charge in [0.2, 0.25) is 0 Å². The number of nitrogens with one attached hydrogen (secondary N) is 1. The molecule has 37 heavy (non-hydrogen) atoms. The Morgan fingerprint density at radius 3 is 2.41 bits per heavy atom. The summed E-state index contributed by atoms with van der Waals surface area (Å²) < 4.78 is 23.9. The minimum Gasteiger partial charge on any atom is -0.393 e. The van der Waals surface area contributed by atoms with Crippen LogP contribution in [0, 0.1) is 11.8 Å². The van der Waals surface area contributed by atoms with Crippen molar-refractivity contribution in [3.05, 3.63) is 58.9 Å². The maximum atomic E-state index is 12.8. The first-order valence-electron chi connectivity index (χ1n) is 12.2. The maximum Gasteiger partial charge on any atom is 0.328 e. The molecule has 2 aliphatic heterocycles. The Labute approximate surface area is 216 Å². The summed E-state index contributed by atoms with van der Waals surface area (Å²) in [5, 5.41) is 18.6. The van der Waals surface area contributed by atoms with Gasteiger partial charge >= 0.3 is 6.03 Å². The number of aromatic nitrogens is 1. The van der Waals surface area contributed by atoms with Gasteiger partial charge in [0, 0.05) is 55.5 Å². The largest absolute Gasteiger partial charge is 0.393 e. The summed E-state index contributed by atoms with van der Waals surface area (Å²) in [7, 11) is -3.84. The summed E-state index contributed by atoms with van der Waals surface area (Å²) in [5.41, 5.74) is 4.89. The molecule has 3 N–H and O–H groups in total. The van der Waals surface area contributed by atoms with E-state index in [0.29, 0.717) is 5.56 Å². The van der Waals surface area contributed by atoms with Gasteiger partial charge in [0.25, 0.3) is 5.91 Å². The second-order valence-electron chi connectivity index (χ2n) is 9.94. The van der Waals surface area contributed by atoms with Crippen LogP contribution in [0.15, 0.2) is 36.5 Å². The zero-order valence-corrected chi connectivity index (χ0v) is 21.8. The summed E-state index contributed by atoms with van der Waals surface area (Å²) in [6.45, 7) is 4.17. The molecule has 10 nitrogen and oxygen atoms in total. The van der Waals surface area contributed by atoms with E-state index in [1.807, 2.05) is 18.2 Å². The highest BCUT2D eigenvalue weighted by Crippen LogP contribution is 2.25. The number of fused-ring (bicyclic) bond motifs is 1. The molecular formula is C26H32N4O6S. The molecule has 1 aromatic carbocycles. The topological polar surface area (TPSA) is 132 Å². The molecule has 1 fully saturated rings. The number of carbonyl (C=O) groups is 2. The van der Waals surface area contributed by atoms with E-state index in [9.17, 15) is 23.1 Å². The molecule has 0 saturated carbocycles. The van der Waals surface area contributed by atoms with E-state index in [2.05, 4.69) is 28.9 Å². The summed E-state index contributed by atoms with van der Waals surface area (Å²) in [5.74, 6) is 5.18. The lowest BCUT2D eigenvalue weighted by Gasteiger charge is -2.29. The predicted octanol–water partition coefficient (Wildman–Crippen LogP) is 1.33. The van der Waals surface area contributed by atoms with Crippen LogP contribution in [-0.4, -0.2) is 81.8 Å². The monoisotopic (exact) mass is 528 g/mol. The van der Waals surface area contributed by atoms with Gasteiger partial charge in [-0.3, -0.25) is 19.5 Å². The van der Waals surface area contributed by atoms with Gasteiger partial charge < -0.3 is 10.0 Å². The lowest BCUT2D eigenvalue weighted by atomic mass is 10.1. The highest BCUT2D eigenvalue weighted by molar-refractivity contribution is 7.92. The average Bonchev–Trinajstić information content (AvgIpc) is 3.40. The Kier molecular flexibility index (Phi) is 7.75. The summed E-state index contributed by atoms with van der Waals surface area (Å²) >= 11 is 0. The maximum absolute atomic E-state index is 12.8. The van der Waals surface area contributed by atoms with Gasteiger partial charge in [0.1, 0.15) is 0 Å². The Hall–Kier alpha value is -3.17. The normalized spacial score (nSPS) is 18.2. The van der Waals surface area contributed by atoms with Crippen LogP contribution in [0.25, 0.3) is 0 Å². The van der Waals surface area contributed by atoms with E-state index in [1.54, 1.807) is 6.20 Å². The van der Waals surface area contributed by atoms with Crippen molar-refractivity contribution < 1.29 is 28.3 Å². The van der Waals surface area contributed by atoms with Gasteiger partial charge in [0.05, 0.1) is 12.6 Å². The average molecular weight is 529 g/mol. The quantitative estimate of drug-likeness (QED) is 0.281. The van der Waals surface area contributed by atoms with Gasteiger partial charge in [-0.15, -0.1) is 0 Å². The van der Waals surface area contributed by atoms with Crippen molar-refractivity contribution in [3.63, 3.8) is 0 Å². The fraction of sp³-hybridized carbons (Fsp3) is 0.462. The summed E-state index contributed by atoms with van der Waals surface area (Å²) in [6.07, 6.45) is 3.87. The van der Waals surface area contributed by atoms with Crippen molar-refractivity contribution in [3.8, 4) is 11.8 Å². The molecule has 198 valence electrons. The van der Waals surface area contributed by atoms with Crippen molar-refractivity contribution in [1.29, 1.82) is 0 Å². The number of amides is 2. The number of hydrogen-bond donors (Lipinski definition) is 3. The van der Waals surface area contributed by atoms with Crippen molar-refractivity contribution in [2.45, 2.75) is 50.1 Å². The Morgan fingerprint density at radius 2 is 1.81 bits per heavy atom. The number of likely N-dealkylation sites (tertiary alicyclic amines) is 1. The third-order valence-corrected chi connectivity index (χ3v) is 9.28. The molecule has 2 aliphatic rings. The molecule has 1 unspecified atom stereocenters. The number of carbonyl (C=O) groups excluding carboxylic acids is 2. The number of aliphatic hydroxyl groups is 1. The van der Waals surface area contributed by atoms with Crippen molar-refractivity contribution in [2.75, 3.05) is 25.9 Å². The lowest BCUT2D eigenvalue weighted by Crippen LogP contribution is -2.50. The van der Waals surface area contributed by atoms with Crippen LogP contribution in [-0.2, 0) is 27.7 Å². The van der Waals surface area contributed by atoms with Crippen LogP contribution < -0.4 is 5.48 Å². The number of aliphatic hydroxyl groups excluding tert-OH is 1. The second kappa shape index (κ2) is 10.7. The summed E-state index contributed by atoms with van der Waals surface area (Å²) in [4.78, 5) is 28.6. The van der Waals surface area contributed by atoms with Crippen LogP contribution >= 0.6 is 0 Å². The number of piperidine rings is 1. The van der Waals surface area contributed by atoms with Gasteiger partial charge in [-0.25, -0.2) is 18.7 Å². The van der Waals surface area contributed by atoms with Crippen LogP contribution in [0.2, 0.25) is 0 Å². The van der Waals surface area contributed by atoms with Gasteiger partial charge in [-0.1, -0.05) is 24.0 Å². The molecule has 0 aliphatic carbocycles. The molecule has 1 atom stereocenters. The molecule has 0 spiro atoms.